The van der Waals surface area contributed by atoms with Crippen LogP contribution in [0.15, 0.2) is 24.5 Å². The van der Waals surface area contributed by atoms with Crippen LogP contribution in [-0.4, -0.2) is 57.8 Å². The Balaban J connectivity index is 0.00000259. The van der Waals surface area contributed by atoms with E-state index in [1.807, 2.05) is 0 Å². The molecule has 3 aromatic rings. The van der Waals surface area contributed by atoms with Crippen molar-refractivity contribution in [1.82, 2.24) is 25.6 Å². The molecule has 2 aliphatic rings. The molecular weight excluding hydrogens is 449 g/mol. The summed E-state index contributed by atoms with van der Waals surface area (Å²) in [4.78, 5) is 25.0. The van der Waals surface area contributed by atoms with Gasteiger partial charge in [0.05, 0.1) is 29.8 Å². The van der Waals surface area contributed by atoms with Gasteiger partial charge < -0.3 is 25.5 Å². The van der Waals surface area contributed by atoms with Crippen molar-refractivity contribution in [3.05, 3.63) is 41.6 Å². The third-order valence-electron chi connectivity index (χ3n) is 6.13. The Morgan fingerprint density at radius 1 is 1.30 bits per heavy atom. The van der Waals surface area contributed by atoms with Crippen LogP contribution in [0.25, 0.3) is 22.3 Å². The molecule has 1 saturated carbocycles. The largest absolute Gasteiger partial charge is 0.493 e. The lowest BCUT2D eigenvalue weighted by molar-refractivity contribution is 0.0766. The molecule has 0 spiro atoms. The van der Waals surface area contributed by atoms with E-state index in [1.54, 1.807) is 13.0 Å². The number of halogens is 2. The second kappa shape index (κ2) is 9.62. The number of fused-ring (bicyclic) bond motifs is 1. The molecule has 2 aromatic heterocycles. The summed E-state index contributed by atoms with van der Waals surface area (Å²) < 4.78 is 20.1. The SMILES string of the molecule is Cc1[nH]c2c(-c3cc(F)ccc3OCC3CC3)ncnc2c1C(=O)N[C@@H]1CCNC[C@H]1O.Cl. The lowest BCUT2D eigenvalue weighted by Crippen LogP contribution is -2.52. The monoisotopic (exact) mass is 475 g/mol. The van der Waals surface area contributed by atoms with E-state index in [9.17, 15) is 14.3 Å². The van der Waals surface area contributed by atoms with E-state index in [0.29, 0.717) is 64.8 Å². The van der Waals surface area contributed by atoms with E-state index in [-0.39, 0.29) is 24.4 Å². The number of aromatic nitrogens is 3. The highest BCUT2D eigenvalue weighted by Gasteiger charge is 2.28. The van der Waals surface area contributed by atoms with Gasteiger partial charge in [-0.25, -0.2) is 14.4 Å². The quantitative estimate of drug-likeness (QED) is 0.436. The predicted octanol–water partition coefficient (Wildman–Crippen LogP) is 2.74. The molecule has 176 valence electrons. The summed E-state index contributed by atoms with van der Waals surface area (Å²) in [6.45, 7) is 3.54. The number of β-amino-alcohol motifs (C(OH)–C–C–N with tert-alkyl or cyclic N) is 1. The van der Waals surface area contributed by atoms with Crippen LogP contribution in [0.3, 0.4) is 0 Å². The summed E-state index contributed by atoms with van der Waals surface area (Å²) in [5, 5.41) is 16.2. The Kier molecular flexibility index (Phi) is 6.83. The highest BCUT2D eigenvalue weighted by molar-refractivity contribution is 6.09. The zero-order chi connectivity index (χ0) is 22.2. The number of amides is 1. The van der Waals surface area contributed by atoms with E-state index in [1.165, 1.54) is 18.5 Å². The lowest BCUT2D eigenvalue weighted by atomic mass is 10.0. The van der Waals surface area contributed by atoms with E-state index < -0.39 is 11.9 Å². The summed E-state index contributed by atoms with van der Waals surface area (Å²) in [6, 6.07) is 4.04. The summed E-state index contributed by atoms with van der Waals surface area (Å²) in [5.41, 5.74) is 3.00. The molecule has 1 aliphatic carbocycles. The molecule has 4 N–H and O–H groups in total. The minimum Gasteiger partial charge on any atom is -0.493 e. The van der Waals surface area contributed by atoms with Crippen LogP contribution in [0.2, 0.25) is 0 Å². The molecule has 8 nitrogen and oxygen atoms in total. The standard InChI is InChI=1S/C23H26FN5O3.ClH/c1-12-19(23(31)29-16-6-7-25-9-17(16)30)21-22(28-12)20(26-11-27-21)15-8-14(24)4-5-18(15)32-10-13-2-3-13;/h4-5,8,11,13,16-17,25,28,30H,2-3,6-7,9-10H2,1H3,(H,29,31);1H/t16-,17-;/m1./s1. The van der Waals surface area contributed by atoms with E-state index in [4.69, 9.17) is 4.74 Å². The van der Waals surface area contributed by atoms with Crippen molar-refractivity contribution in [3.8, 4) is 17.0 Å². The van der Waals surface area contributed by atoms with Gasteiger partial charge in [0.15, 0.2) is 0 Å². The number of ether oxygens (including phenoxy) is 1. The van der Waals surface area contributed by atoms with Gasteiger partial charge in [-0.1, -0.05) is 0 Å². The molecule has 1 aliphatic heterocycles. The maximum absolute atomic E-state index is 14.2. The van der Waals surface area contributed by atoms with E-state index in [0.717, 1.165) is 19.4 Å². The Morgan fingerprint density at radius 3 is 2.88 bits per heavy atom. The van der Waals surface area contributed by atoms with Crippen LogP contribution in [0, 0.1) is 18.7 Å². The number of piperidine rings is 1. The number of aliphatic hydroxyl groups is 1. The second-order valence-electron chi connectivity index (χ2n) is 8.61. The number of aliphatic hydroxyl groups excluding tert-OH is 1. The molecule has 3 heterocycles. The van der Waals surface area contributed by atoms with Gasteiger partial charge in [-0.3, -0.25) is 4.79 Å². The molecular formula is C23H27ClFN5O3. The number of hydrogen-bond donors (Lipinski definition) is 4. The van der Waals surface area contributed by atoms with Gasteiger partial charge in [0, 0.05) is 17.8 Å². The summed E-state index contributed by atoms with van der Waals surface area (Å²) in [7, 11) is 0. The molecule has 0 bridgehead atoms. The number of aromatic amines is 1. The Morgan fingerprint density at radius 2 is 2.12 bits per heavy atom. The predicted molar refractivity (Wildman–Crippen MR) is 124 cm³/mol. The van der Waals surface area contributed by atoms with Gasteiger partial charge in [-0.2, -0.15) is 0 Å². The Bertz CT molecular complexity index is 1170. The van der Waals surface area contributed by atoms with Crippen molar-refractivity contribution in [3.63, 3.8) is 0 Å². The fourth-order valence-corrected chi connectivity index (χ4v) is 4.16. The zero-order valence-electron chi connectivity index (χ0n) is 18.2. The van der Waals surface area contributed by atoms with Crippen molar-refractivity contribution in [2.24, 2.45) is 5.92 Å². The molecule has 0 radical (unpaired) electrons. The normalized spacial score (nSPS) is 20.3. The van der Waals surface area contributed by atoms with Crippen LogP contribution < -0.4 is 15.4 Å². The number of nitrogens with one attached hydrogen (secondary N) is 3. The number of hydrogen-bond acceptors (Lipinski definition) is 6. The third kappa shape index (κ3) is 4.80. The molecule has 2 atom stereocenters. The van der Waals surface area contributed by atoms with Crippen LogP contribution in [0.1, 0.15) is 35.3 Å². The molecule has 1 saturated heterocycles. The fraction of sp³-hybridized carbons (Fsp3) is 0.435. The van der Waals surface area contributed by atoms with E-state index in [2.05, 4.69) is 25.6 Å². The van der Waals surface area contributed by atoms with Gasteiger partial charge in [-0.05, 0) is 56.8 Å². The summed E-state index contributed by atoms with van der Waals surface area (Å²) in [5.74, 6) is 0.390. The summed E-state index contributed by atoms with van der Waals surface area (Å²) >= 11 is 0. The van der Waals surface area contributed by atoms with Crippen LogP contribution in [0.4, 0.5) is 4.39 Å². The maximum Gasteiger partial charge on any atom is 0.255 e. The van der Waals surface area contributed by atoms with Gasteiger partial charge in [0.2, 0.25) is 0 Å². The number of carbonyl (C=O) groups is 1. The first-order valence-corrected chi connectivity index (χ1v) is 11.0. The minimum atomic E-state index is -0.651. The molecule has 5 rings (SSSR count). The first-order valence-electron chi connectivity index (χ1n) is 11.0. The molecule has 10 heteroatoms. The third-order valence-corrected chi connectivity index (χ3v) is 6.13. The molecule has 1 amide bonds. The topological polar surface area (TPSA) is 112 Å². The van der Waals surface area contributed by atoms with Crippen LogP contribution >= 0.6 is 12.4 Å². The average molecular weight is 476 g/mol. The Hall–Kier alpha value is -2.75. The van der Waals surface area contributed by atoms with Crippen molar-refractivity contribution in [1.29, 1.82) is 0 Å². The number of nitrogens with zero attached hydrogens (tertiary/aromatic N) is 2. The Labute approximate surface area is 196 Å². The van der Waals surface area contributed by atoms with Gasteiger partial charge >= 0.3 is 0 Å². The number of carbonyl (C=O) groups excluding carboxylic acids is 1. The molecule has 2 fully saturated rings. The number of benzene rings is 1. The average Bonchev–Trinajstić information content (AvgIpc) is 3.54. The number of rotatable bonds is 6. The second-order valence-corrected chi connectivity index (χ2v) is 8.61. The van der Waals surface area contributed by atoms with Gasteiger partial charge in [-0.15, -0.1) is 12.4 Å². The molecule has 33 heavy (non-hydrogen) atoms. The zero-order valence-corrected chi connectivity index (χ0v) is 19.0. The van der Waals surface area contributed by atoms with Crippen molar-refractivity contribution in [2.45, 2.75) is 38.3 Å². The first-order chi connectivity index (χ1) is 15.5. The minimum absolute atomic E-state index is 0. The summed E-state index contributed by atoms with van der Waals surface area (Å²) in [6.07, 6.45) is 3.65. The highest BCUT2D eigenvalue weighted by atomic mass is 35.5. The van der Waals surface area contributed by atoms with Crippen molar-refractivity contribution < 1.29 is 19.0 Å². The first kappa shape index (κ1) is 23.4. The number of aryl methyl sites for hydroxylation is 1. The van der Waals surface area contributed by atoms with Gasteiger partial charge in [0.1, 0.15) is 29.1 Å². The molecule has 1 aromatic carbocycles. The lowest BCUT2D eigenvalue weighted by Gasteiger charge is -2.29. The van der Waals surface area contributed by atoms with Crippen molar-refractivity contribution in [2.75, 3.05) is 19.7 Å². The number of H-pyrrole nitrogens is 1. The van der Waals surface area contributed by atoms with Crippen LogP contribution in [-0.2, 0) is 0 Å². The van der Waals surface area contributed by atoms with Crippen LogP contribution in [0.5, 0.6) is 5.75 Å². The highest BCUT2D eigenvalue weighted by Crippen LogP contribution is 2.36. The fourth-order valence-electron chi connectivity index (χ4n) is 4.16. The molecule has 0 unspecified atom stereocenters. The van der Waals surface area contributed by atoms with Gasteiger partial charge in [0.25, 0.3) is 5.91 Å². The maximum atomic E-state index is 14.2. The smallest absolute Gasteiger partial charge is 0.255 e. The van der Waals surface area contributed by atoms with E-state index >= 15 is 0 Å². The van der Waals surface area contributed by atoms with Crippen molar-refractivity contribution >= 4 is 29.3 Å².